The second-order valence-electron chi connectivity index (χ2n) is 6.75. The Hall–Kier alpha value is -2.49. The van der Waals surface area contributed by atoms with Crippen LogP contribution in [0.5, 0.6) is 5.88 Å². The average molecular weight is 361 g/mol. The predicted octanol–water partition coefficient (Wildman–Crippen LogP) is 0.965. The third kappa shape index (κ3) is 3.55. The molecule has 0 amide bonds. The van der Waals surface area contributed by atoms with Gasteiger partial charge in [-0.25, -0.2) is 4.39 Å². The summed E-state index contributed by atoms with van der Waals surface area (Å²) in [5, 5.41) is 13.3. The summed E-state index contributed by atoms with van der Waals surface area (Å²) < 4.78 is 18.7. The van der Waals surface area contributed by atoms with E-state index in [1.54, 1.807) is 24.4 Å². The second kappa shape index (κ2) is 6.67. The van der Waals surface area contributed by atoms with Gasteiger partial charge in [0.1, 0.15) is 11.5 Å². The van der Waals surface area contributed by atoms with Gasteiger partial charge in [-0.05, 0) is 38.3 Å². The van der Waals surface area contributed by atoms with E-state index < -0.39 is 17.3 Å². The molecule has 0 aliphatic carbocycles. The number of halogens is 1. The summed E-state index contributed by atoms with van der Waals surface area (Å²) in [4.78, 5) is 4.12. The van der Waals surface area contributed by atoms with Crippen LogP contribution in [0.25, 0.3) is 0 Å². The highest BCUT2D eigenvalue weighted by molar-refractivity contribution is 5.30. The lowest BCUT2D eigenvalue weighted by atomic mass is 9.93. The van der Waals surface area contributed by atoms with Crippen LogP contribution in [0.2, 0.25) is 0 Å². The van der Waals surface area contributed by atoms with Gasteiger partial charge in [0, 0.05) is 17.7 Å². The Labute approximate surface area is 151 Å². The van der Waals surface area contributed by atoms with E-state index in [0.29, 0.717) is 17.3 Å². The first-order chi connectivity index (χ1) is 12.2. The Morgan fingerprint density at radius 1 is 1.23 bits per heavy atom. The molecular formula is C17H24FN7O. The number of nitrogens with two attached hydrogens (primary N) is 2. The number of rotatable bonds is 5. The molecule has 3 rings (SSSR count). The van der Waals surface area contributed by atoms with Gasteiger partial charge in [-0.1, -0.05) is 6.92 Å². The molecule has 3 heterocycles. The molecule has 3 atom stereocenters. The fourth-order valence-corrected chi connectivity index (χ4v) is 2.82. The van der Waals surface area contributed by atoms with Crippen molar-refractivity contribution in [1.29, 1.82) is 0 Å². The first-order valence-corrected chi connectivity index (χ1v) is 8.38. The first kappa shape index (κ1) is 18.3. The minimum Gasteiger partial charge on any atom is -0.474 e. The molecule has 0 radical (unpaired) electrons. The van der Waals surface area contributed by atoms with E-state index >= 15 is 0 Å². The maximum atomic E-state index is 13.1. The number of nitrogens with one attached hydrogen (secondary N) is 3. The van der Waals surface area contributed by atoms with Crippen LogP contribution in [0, 0.1) is 5.82 Å². The van der Waals surface area contributed by atoms with Crippen molar-refractivity contribution >= 4 is 0 Å². The lowest BCUT2D eigenvalue weighted by molar-refractivity contribution is 0.168. The van der Waals surface area contributed by atoms with Crippen molar-refractivity contribution in [3.05, 3.63) is 53.9 Å². The highest BCUT2D eigenvalue weighted by Crippen LogP contribution is 2.29. The Kier molecular flexibility index (Phi) is 4.70. The number of aromatic amines is 1. The summed E-state index contributed by atoms with van der Waals surface area (Å²) >= 11 is 0. The number of ether oxygens (including phenoxy) is 1. The van der Waals surface area contributed by atoms with Crippen LogP contribution in [-0.4, -0.2) is 27.1 Å². The lowest BCUT2D eigenvalue weighted by Gasteiger charge is -2.45. The molecule has 0 saturated carbocycles. The van der Waals surface area contributed by atoms with Crippen molar-refractivity contribution in [3.63, 3.8) is 0 Å². The van der Waals surface area contributed by atoms with Gasteiger partial charge in [-0.2, -0.15) is 0 Å². The number of hydrogen-bond donors (Lipinski definition) is 5. The number of pyridine rings is 1. The van der Waals surface area contributed by atoms with Gasteiger partial charge in [0.15, 0.2) is 5.79 Å². The molecule has 0 fully saturated rings. The number of aromatic nitrogens is 3. The van der Waals surface area contributed by atoms with E-state index in [9.17, 15) is 4.39 Å². The Bertz CT molecular complexity index is 791. The smallest absolute Gasteiger partial charge is 0.233 e. The van der Waals surface area contributed by atoms with Crippen LogP contribution >= 0.6 is 0 Å². The standard InChI is InChI=1S/C17H24FN7O/c1-10(2)26-15-8-14(23-24-15)16(19)6-7-22-17(20,25-16)11(3)13-5-4-12(18)9-21-13/h4-11,22,25H,19-20H2,1-3H3,(H,23,24). The van der Waals surface area contributed by atoms with Crippen molar-refractivity contribution in [3.8, 4) is 5.88 Å². The minimum atomic E-state index is -1.11. The normalized spacial score (nSPS) is 26.6. The molecule has 1 aliphatic rings. The molecule has 2 aromatic rings. The zero-order chi connectivity index (χ0) is 18.9. The summed E-state index contributed by atoms with van der Waals surface area (Å²) in [6.45, 7) is 5.70. The van der Waals surface area contributed by atoms with Crippen LogP contribution in [0.3, 0.4) is 0 Å². The van der Waals surface area contributed by atoms with Crippen molar-refractivity contribution in [2.24, 2.45) is 11.5 Å². The monoisotopic (exact) mass is 361 g/mol. The van der Waals surface area contributed by atoms with E-state index in [0.717, 1.165) is 6.20 Å². The molecule has 7 N–H and O–H groups in total. The molecule has 8 nitrogen and oxygen atoms in total. The molecule has 0 aromatic carbocycles. The summed E-state index contributed by atoms with van der Waals surface area (Å²) in [6.07, 6.45) is 4.57. The topological polar surface area (TPSA) is 127 Å². The van der Waals surface area contributed by atoms with Gasteiger partial charge < -0.3 is 15.8 Å². The molecule has 0 bridgehead atoms. The Morgan fingerprint density at radius 2 is 2.00 bits per heavy atom. The van der Waals surface area contributed by atoms with Crippen LogP contribution in [0.1, 0.15) is 38.1 Å². The zero-order valence-electron chi connectivity index (χ0n) is 15.0. The molecule has 0 spiro atoms. The molecule has 9 heteroatoms. The zero-order valence-corrected chi connectivity index (χ0v) is 15.0. The third-order valence-corrected chi connectivity index (χ3v) is 4.32. The maximum Gasteiger partial charge on any atom is 0.233 e. The number of nitrogens with zero attached hydrogens (tertiary/aromatic N) is 2. The van der Waals surface area contributed by atoms with Crippen LogP contribution < -0.4 is 26.8 Å². The summed E-state index contributed by atoms with van der Waals surface area (Å²) in [5.41, 5.74) is 13.2. The summed E-state index contributed by atoms with van der Waals surface area (Å²) in [6, 6.07) is 4.67. The van der Waals surface area contributed by atoms with Gasteiger partial charge >= 0.3 is 0 Å². The minimum absolute atomic E-state index is 0.00503. The Morgan fingerprint density at radius 3 is 2.65 bits per heavy atom. The fourth-order valence-electron chi connectivity index (χ4n) is 2.82. The lowest BCUT2D eigenvalue weighted by Crippen LogP contribution is -2.74. The molecular weight excluding hydrogens is 337 g/mol. The quantitative estimate of drug-likeness (QED) is 0.537. The van der Waals surface area contributed by atoms with Gasteiger partial charge in [0.2, 0.25) is 5.88 Å². The average Bonchev–Trinajstić information content (AvgIpc) is 3.03. The van der Waals surface area contributed by atoms with Gasteiger partial charge in [-0.3, -0.25) is 21.1 Å². The van der Waals surface area contributed by atoms with E-state index in [-0.39, 0.29) is 12.0 Å². The van der Waals surface area contributed by atoms with Crippen LogP contribution in [0.4, 0.5) is 4.39 Å². The highest BCUT2D eigenvalue weighted by Gasteiger charge is 2.43. The fraction of sp³-hybridized carbons (Fsp3) is 0.412. The molecule has 3 unspecified atom stereocenters. The predicted molar refractivity (Wildman–Crippen MR) is 95.2 cm³/mol. The van der Waals surface area contributed by atoms with E-state index in [1.807, 2.05) is 20.8 Å². The second-order valence-corrected chi connectivity index (χ2v) is 6.75. The maximum absolute atomic E-state index is 13.1. The molecule has 2 aromatic heterocycles. The number of hydrogen-bond acceptors (Lipinski definition) is 7. The molecule has 140 valence electrons. The van der Waals surface area contributed by atoms with E-state index in [4.69, 9.17) is 16.2 Å². The molecule has 0 saturated heterocycles. The van der Waals surface area contributed by atoms with Crippen LogP contribution in [-0.2, 0) is 5.66 Å². The van der Waals surface area contributed by atoms with E-state index in [2.05, 4.69) is 25.8 Å². The first-order valence-electron chi connectivity index (χ1n) is 8.38. The highest BCUT2D eigenvalue weighted by atomic mass is 19.1. The largest absolute Gasteiger partial charge is 0.474 e. The number of H-pyrrole nitrogens is 1. The van der Waals surface area contributed by atoms with E-state index in [1.165, 1.54) is 6.07 Å². The molecule has 1 aliphatic heterocycles. The van der Waals surface area contributed by atoms with Crippen molar-refractivity contribution in [1.82, 2.24) is 25.8 Å². The van der Waals surface area contributed by atoms with Gasteiger partial charge in [0.25, 0.3) is 0 Å². The molecule has 26 heavy (non-hydrogen) atoms. The van der Waals surface area contributed by atoms with Gasteiger partial charge in [-0.15, -0.1) is 5.10 Å². The van der Waals surface area contributed by atoms with Crippen molar-refractivity contribution in [2.75, 3.05) is 0 Å². The Balaban J connectivity index is 1.85. The van der Waals surface area contributed by atoms with Gasteiger partial charge in [0.05, 0.1) is 18.0 Å². The van der Waals surface area contributed by atoms with Crippen molar-refractivity contribution < 1.29 is 9.13 Å². The van der Waals surface area contributed by atoms with Crippen molar-refractivity contribution in [2.45, 2.75) is 44.2 Å². The summed E-state index contributed by atoms with van der Waals surface area (Å²) in [5.74, 6) is -1.38. The third-order valence-electron chi connectivity index (χ3n) is 4.32. The summed E-state index contributed by atoms with van der Waals surface area (Å²) in [7, 11) is 0. The SMILES string of the molecule is CC(C)Oc1cc(C2(N)C=CNC(N)(C(C)c3ccc(F)cn3)N2)[nH]n1. The van der Waals surface area contributed by atoms with Crippen LogP contribution in [0.15, 0.2) is 36.7 Å².